The van der Waals surface area contributed by atoms with E-state index in [1.807, 2.05) is 26.8 Å². The van der Waals surface area contributed by atoms with Gasteiger partial charge in [-0.1, -0.05) is 82.6 Å². The number of aliphatic hydroxyl groups excluding tert-OH is 1. The van der Waals surface area contributed by atoms with Gasteiger partial charge in [0.05, 0.1) is 30.4 Å². The predicted molar refractivity (Wildman–Crippen MR) is 249 cm³/mol. The van der Waals surface area contributed by atoms with Gasteiger partial charge in [-0.25, -0.2) is 4.98 Å². The molecule has 4 aromatic rings. The van der Waals surface area contributed by atoms with E-state index in [1.54, 1.807) is 61.7 Å². The number of amides is 7. The molecule has 1 aliphatic heterocycles. The van der Waals surface area contributed by atoms with Crippen LogP contribution in [0.5, 0.6) is 0 Å². The molecule has 2 aromatic heterocycles. The van der Waals surface area contributed by atoms with Gasteiger partial charge in [0, 0.05) is 56.2 Å². The summed E-state index contributed by atoms with van der Waals surface area (Å²) in [5, 5.41) is 25.9. The number of nitrogens with two attached hydrogens (primary N) is 1. The van der Waals surface area contributed by atoms with Gasteiger partial charge in [-0.15, -0.1) is 0 Å². The van der Waals surface area contributed by atoms with Gasteiger partial charge < -0.3 is 47.3 Å². The summed E-state index contributed by atoms with van der Waals surface area (Å²) in [4.78, 5) is 115. The minimum Gasteiger partial charge on any atom is -0.390 e. The van der Waals surface area contributed by atoms with Gasteiger partial charge in [-0.3, -0.25) is 42.9 Å². The topological polar surface area (TPSA) is 280 Å². The molecule has 2 aromatic carbocycles. The molecule has 67 heavy (non-hydrogen) atoms. The number of aliphatic hydroxyl groups is 1. The highest BCUT2D eigenvalue weighted by Gasteiger charge is 2.40. The van der Waals surface area contributed by atoms with Crippen LogP contribution in [-0.2, 0) is 57.6 Å². The molecule has 1 unspecified atom stereocenters. The van der Waals surface area contributed by atoms with Crippen molar-refractivity contribution < 1.29 is 43.5 Å². The molecular formula is C48H64N10O9. The molecule has 0 spiro atoms. The van der Waals surface area contributed by atoms with Gasteiger partial charge in [0.15, 0.2) is 0 Å². The Morgan fingerprint density at radius 1 is 0.881 bits per heavy atom. The molecule has 0 aliphatic carbocycles. The van der Waals surface area contributed by atoms with E-state index in [4.69, 9.17) is 5.73 Å². The van der Waals surface area contributed by atoms with E-state index in [-0.39, 0.29) is 50.5 Å². The van der Waals surface area contributed by atoms with Gasteiger partial charge in [-0.2, -0.15) is 0 Å². The number of H-pyrrole nitrogens is 1. The van der Waals surface area contributed by atoms with Crippen molar-refractivity contribution >= 4 is 58.7 Å². The summed E-state index contributed by atoms with van der Waals surface area (Å²) in [7, 11) is 0. The van der Waals surface area contributed by atoms with E-state index in [1.165, 1.54) is 28.9 Å². The standard InChI is InChI=1S/C48H64N10O9/c1-6-29(4)43(44(49)63)56-42(62)23-41(61)35(19-28(2)3)53-46(65)37(22-33-24-50-26-51-33)54-45(64)36(20-31-13-8-7-9-14-31)55-47(66)40-17-12-18-58(40)48(67)38(52-30(5)60)21-32-25-57(27-59)39-16-11-10-15-34(32)39/h7-11,13-16,24-29,35-38,40-41,43,61H,6,12,17-23H2,1-5H3,(H2,49,63)(H,50,51)(H,52,60)(H,53,65)(H,54,64)(H,55,66)(H,56,62)/t29-,35-,36-,37-,38+,40-,41?,43-/m0/s1. The summed E-state index contributed by atoms with van der Waals surface area (Å²) >= 11 is 0. The lowest BCUT2D eigenvalue weighted by Gasteiger charge is -2.31. The fraction of sp³-hybridized carbons (Fsp3) is 0.479. The van der Waals surface area contributed by atoms with Crippen molar-refractivity contribution in [1.29, 1.82) is 0 Å². The van der Waals surface area contributed by atoms with Crippen molar-refractivity contribution in [2.24, 2.45) is 17.6 Å². The second-order valence-electron chi connectivity index (χ2n) is 17.8. The van der Waals surface area contributed by atoms with Gasteiger partial charge in [0.1, 0.15) is 30.2 Å². The minimum absolute atomic E-state index is 0.0134. The number of nitrogens with zero attached hydrogens (tertiary/aromatic N) is 3. The zero-order valence-corrected chi connectivity index (χ0v) is 38.7. The third kappa shape index (κ3) is 14.1. The Hall–Kier alpha value is -6.89. The van der Waals surface area contributed by atoms with E-state index in [0.29, 0.717) is 41.6 Å². The summed E-state index contributed by atoms with van der Waals surface area (Å²) in [5.41, 5.74) is 8.02. The Morgan fingerprint density at radius 3 is 2.21 bits per heavy atom. The van der Waals surface area contributed by atoms with Crippen LogP contribution >= 0.6 is 0 Å². The molecule has 0 radical (unpaired) electrons. The summed E-state index contributed by atoms with van der Waals surface area (Å²) in [6, 6.07) is 9.64. The molecular weight excluding hydrogens is 861 g/mol. The van der Waals surface area contributed by atoms with E-state index in [9.17, 15) is 43.5 Å². The molecule has 1 aliphatic rings. The Labute approximate surface area is 389 Å². The third-order valence-electron chi connectivity index (χ3n) is 12.2. The number of benzene rings is 2. The average molecular weight is 925 g/mol. The SMILES string of the molecule is CC[C@H](C)[C@H](NC(=O)CC(O)[C@H](CC(C)C)NC(=O)[C@H](Cc1cnc[nH]1)NC(=O)[C@H](Cc1ccccc1)NC(=O)[C@@H]1CCCN1C(=O)[C@@H](Cc1cn(C=O)c2ccccc12)NC(C)=O)C(N)=O. The van der Waals surface area contributed by atoms with Crippen LogP contribution < -0.4 is 32.3 Å². The number of nitrogens with one attached hydrogen (secondary N) is 6. The summed E-state index contributed by atoms with van der Waals surface area (Å²) in [6.07, 6.45) is 4.91. The van der Waals surface area contributed by atoms with Crippen molar-refractivity contribution in [2.45, 2.75) is 128 Å². The summed E-state index contributed by atoms with van der Waals surface area (Å²) in [6.45, 7) is 8.89. The molecule has 1 saturated heterocycles. The number of rotatable bonds is 24. The van der Waals surface area contributed by atoms with Crippen molar-refractivity contribution in [2.75, 3.05) is 6.54 Å². The molecule has 3 heterocycles. The number of imidazole rings is 1. The van der Waals surface area contributed by atoms with Gasteiger partial charge in [0.2, 0.25) is 47.8 Å². The molecule has 9 N–H and O–H groups in total. The van der Waals surface area contributed by atoms with Gasteiger partial charge in [-0.05, 0) is 48.3 Å². The second-order valence-corrected chi connectivity index (χ2v) is 17.8. The molecule has 19 nitrogen and oxygen atoms in total. The van der Waals surface area contributed by atoms with E-state index >= 15 is 0 Å². The molecule has 0 bridgehead atoms. The first-order valence-electron chi connectivity index (χ1n) is 22.8. The Morgan fingerprint density at radius 2 is 1.57 bits per heavy atom. The normalized spacial score (nSPS) is 16.8. The third-order valence-corrected chi connectivity index (χ3v) is 12.2. The number of hydrogen-bond donors (Lipinski definition) is 8. The first-order chi connectivity index (χ1) is 32.0. The fourth-order valence-corrected chi connectivity index (χ4v) is 8.52. The first-order valence-corrected chi connectivity index (χ1v) is 22.8. The molecule has 5 rings (SSSR count). The van der Waals surface area contributed by atoms with Crippen molar-refractivity contribution in [3.05, 3.63) is 90.1 Å². The van der Waals surface area contributed by atoms with E-state index in [2.05, 4.69) is 36.6 Å². The minimum atomic E-state index is -1.38. The highest BCUT2D eigenvalue weighted by molar-refractivity contribution is 5.97. The van der Waals surface area contributed by atoms with Crippen LogP contribution in [-0.4, -0.2) is 121 Å². The van der Waals surface area contributed by atoms with Crippen molar-refractivity contribution in [3.8, 4) is 0 Å². The molecule has 360 valence electrons. The molecule has 7 amide bonds. The zero-order valence-electron chi connectivity index (χ0n) is 38.7. The second kappa shape index (κ2) is 24.0. The van der Waals surface area contributed by atoms with E-state index < -0.39 is 90.1 Å². The maximum atomic E-state index is 14.5. The Kier molecular flexibility index (Phi) is 18.3. The monoisotopic (exact) mass is 924 g/mol. The molecule has 1 fully saturated rings. The quantitative estimate of drug-likeness (QED) is 0.0465. The van der Waals surface area contributed by atoms with Crippen LogP contribution in [0, 0.1) is 11.8 Å². The molecule has 0 saturated carbocycles. The maximum absolute atomic E-state index is 14.5. The zero-order chi connectivity index (χ0) is 48.8. The van der Waals surface area contributed by atoms with Crippen LogP contribution in [0.3, 0.4) is 0 Å². The van der Waals surface area contributed by atoms with E-state index in [0.717, 1.165) is 5.39 Å². The van der Waals surface area contributed by atoms with Crippen LogP contribution in [0.25, 0.3) is 10.9 Å². The Balaban J connectivity index is 1.36. The summed E-state index contributed by atoms with van der Waals surface area (Å²) < 4.78 is 1.40. The van der Waals surface area contributed by atoms with Crippen LogP contribution in [0.15, 0.2) is 73.3 Å². The maximum Gasteiger partial charge on any atom is 0.246 e. The average Bonchev–Trinajstić information content (AvgIpc) is 4.08. The van der Waals surface area contributed by atoms with Crippen LogP contribution in [0.4, 0.5) is 0 Å². The number of carbonyl (C=O) groups is 8. The lowest BCUT2D eigenvalue weighted by atomic mass is 9.95. The fourth-order valence-electron chi connectivity index (χ4n) is 8.52. The van der Waals surface area contributed by atoms with Crippen molar-refractivity contribution in [1.82, 2.24) is 46.0 Å². The highest BCUT2D eigenvalue weighted by atomic mass is 16.3. The predicted octanol–water partition coefficient (Wildman–Crippen LogP) is 1.19. The number of hydrogen-bond acceptors (Lipinski definition) is 10. The largest absolute Gasteiger partial charge is 0.390 e. The van der Waals surface area contributed by atoms with Gasteiger partial charge >= 0.3 is 0 Å². The van der Waals surface area contributed by atoms with Gasteiger partial charge in [0.25, 0.3) is 0 Å². The number of para-hydroxylation sites is 1. The number of primary amides is 1. The number of aromatic nitrogens is 3. The highest BCUT2D eigenvalue weighted by Crippen LogP contribution is 2.25. The van der Waals surface area contributed by atoms with Crippen molar-refractivity contribution in [3.63, 3.8) is 0 Å². The van der Waals surface area contributed by atoms with Crippen LogP contribution in [0.1, 0.15) is 83.5 Å². The number of likely N-dealkylation sites (tertiary alicyclic amines) is 1. The first kappa shape index (κ1) is 51.1. The summed E-state index contributed by atoms with van der Waals surface area (Å²) in [5.74, 6) is -4.60. The Bertz CT molecular complexity index is 2350. The lowest BCUT2D eigenvalue weighted by molar-refractivity contribution is -0.142. The lowest BCUT2D eigenvalue weighted by Crippen LogP contribution is -2.59. The number of aromatic amines is 1. The van der Waals surface area contributed by atoms with Crippen LogP contribution in [0.2, 0.25) is 0 Å². The number of carbonyl (C=O) groups excluding carboxylic acids is 8. The number of fused-ring (bicyclic) bond motifs is 1. The molecule has 8 atom stereocenters. The molecule has 19 heteroatoms. The smallest absolute Gasteiger partial charge is 0.246 e.